The SMILES string of the molecule is CNCc1cnc(N(CCC(C)C)CCC(C)C)s1. The molecule has 0 saturated carbocycles. The minimum Gasteiger partial charge on any atom is -0.348 e. The van der Waals surface area contributed by atoms with Gasteiger partial charge in [0.15, 0.2) is 5.13 Å². The zero-order chi connectivity index (χ0) is 14.3. The number of nitrogens with zero attached hydrogens (tertiary/aromatic N) is 2. The van der Waals surface area contributed by atoms with Gasteiger partial charge in [-0.2, -0.15) is 0 Å². The molecule has 0 aliphatic rings. The zero-order valence-corrected chi connectivity index (χ0v) is 13.9. The predicted molar refractivity (Wildman–Crippen MR) is 86.0 cm³/mol. The second-order valence-corrected chi connectivity index (χ2v) is 7.09. The van der Waals surface area contributed by atoms with Crippen LogP contribution in [0.2, 0.25) is 0 Å². The Bertz CT molecular complexity index is 335. The number of hydrogen-bond donors (Lipinski definition) is 1. The summed E-state index contributed by atoms with van der Waals surface area (Å²) < 4.78 is 0. The highest BCUT2D eigenvalue weighted by Crippen LogP contribution is 2.24. The number of aromatic nitrogens is 1. The summed E-state index contributed by atoms with van der Waals surface area (Å²) in [6.07, 6.45) is 4.48. The van der Waals surface area contributed by atoms with Crippen LogP contribution in [-0.2, 0) is 6.54 Å². The first-order chi connectivity index (χ1) is 9.02. The Morgan fingerprint density at radius 3 is 2.21 bits per heavy atom. The van der Waals surface area contributed by atoms with E-state index in [-0.39, 0.29) is 0 Å². The average Bonchev–Trinajstić information content (AvgIpc) is 2.77. The second-order valence-electron chi connectivity index (χ2n) is 5.99. The van der Waals surface area contributed by atoms with Gasteiger partial charge < -0.3 is 10.2 Å². The van der Waals surface area contributed by atoms with Crippen LogP contribution >= 0.6 is 11.3 Å². The highest BCUT2D eigenvalue weighted by Gasteiger charge is 2.12. The maximum atomic E-state index is 4.60. The summed E-state index contributed by atoms with van der Waals surface area (Å²) in [4.78, 5) is 8.37. The van der Waals surface area contributed by atoms with E-state index in [9.17, 15) is 0 Å². The fraction of sp³-hybridized carbons (Fsp3) is 0.800. The van der Waals surface area contributed by atoms with Gasteiger partial charge in [-0.15, -0.1) is 11.3 Å². The Balaban J connectivity index is 2.63. The van der Waals surface area contributed by atoms with Gasteiger partial charge in [0.2, 0.25) is 0 Å². The standard InChI is InChI=1S/C15H29N3S/c1-12(2)6-8-18(9-7-13(3)4)15-17-11-14(19-15)10-16-5/h11-13,16H,6-10H2,1-5H3. The lowest BCUT2D eigenvalue weighted by atomic mass is 10.1. The molecule has 3 nitrogen and oxygen atoms in total. The lowest BCUT2D eigenvalue weighted by molar-refractivity contribution is 0.535. The Hall–Kier alpha value is -0.610. The number of thiazole rings is 1. The molecule has 0 aliphatic heterocycles. The van der Waals surface area contributed by atoms with Gasteiger partial charge >= 0.3 is 0 Å². The van der Waals surface area contributed by atoms with E-state index in [0.29, 0.717) is 0 Å². The normalized spacial score (nSPS) is 11.5. The Morgan fingerprint density at radius 1 is 1.16 bits per heavy atom. The first kappa shape index (κ1) is 16.4. The van der Waals surface area contributed by atoms with Crippen molar-refractivity contribution in [2.24, 2.45) is 11.8 Å². The largest absolute Gasteiger partial charge is 0.348 e. The van der Waals surface area contributed by atoms with Gasteiger partial charge in [0.05, 0.1) is 0 Å². The Morgan fingerprint density at radius 2 is 1.74 bits per heavy atom. The molecule has 0 aromatic carbocycles. The van der Waals surface area contributed by atoms with E-state index in [2.05, 4.69) is 42.9 Å². The quantitative estimate of drug-likeness (QED) is 0.748. The molecule has 1 rings (SSSR count). The van der Waals surface area contributed by atoms with Crippen molar-refractivity contribution in [2.75, 3.05) is 25.0 Å². The summed E-state index contributed by atoms with van der Waals surface area (Å²) in [6.45, 7) is 12.3. The predicted octanol–water partition coefficient (Wildman–Crippen LogP) is 3.76. The molecule has 0 spiro atoms. The Kier molecular flexibility index (Phi) is 7.39. The summed E-state index contributed by atoms with van der Waals surface area (Å²) in [5.74, 6) is 1.50. The van der Waals surface area contributed by atoms with Gasteiger partial charge in [0, 0.05) is 30.7 Å². The highest BCUT2D eigenvalue weighted by atomic mass is 32.1. The maximum Gasteiger partial charge on any atom is 0.185 e. The molecule has 0 aliphatic carbocycles. The van der Waals surface area contributed by atoms with Crippen LogP contribution in [0.15, 0.2) is 6.20 Å². The monoisotopic (exact) mass is 283 g/mol. The number of hydrogen-bond acceptors (Lipinski definition) is 4. The van der Waals surface area contributed by atoms with Gasteiger partial charge in [-0.3, -0.25) is 0 Å². The van der Waals surface area contributed by atoms with Crippen molar-refractivity contribution in [2.45, 2.75) is 47.1 Å². The third kappa shape index (κ3) is 6.39. The van der Waals surface area contributed by atoms with Crippen molar-refractivity contribution in [1.29, 1.82) is 0 Å². The van der Waals surface area contributed by atoms with Crippen molar-refractivity contribution >= 4 is 16.5 Å². The summed E-state index contributed by atoms with van der Waals surface area (Å²) in [6, 6.07) is 0. The highest BCUT2D eigenvalue weighted by molar-refractivity contribution is 7.15. The first-order valence-electron chi connectivity index (χ1n) is 7.37. The minimum absolute atomic E-state index is 0.748. The zero-order valence-electron chi connectivity index (χ0n) is 13.1. The van der Waals surface area contributed by atoms with Crippen molar-refractivity contribution in [3.63, 3.8) is 0 Å². The summed E-state index contributed by atoms with van der Waals surface area (Å²) in [5.41, 5.74) is 0. The van der Waals surface area contributed by atoms with E-state index < -0.39 is 0 Å². The first-order valence-corrected chi connectivity index (χ1v) is 8.18. The topological polar surface area (TPSA) is 28.2 Å². The molecule has 4 heteroatoms. The molecular weight excluding hydrogens is 254 g/mol. The van der Waals surface area contributed by atoms with Crippen LogP contribution in [0.25, 0.3) is 0 Å². The maximum absolute atomic E-state index is 4.60. The third-order valence-corrected chi connectivity index (χ3v) is 4.17. The molecule has 0 saturated heterocycles. The fourth-order valence-electron chi connectivity index (χ4n) is 1.83. The molecule has 0 atom stereocenters. The van der Waals surface area contributed by atoms with Gasteiger partial charge in [0.1, 0.15) is 0 Å². The molecule has 0 radical (unpaired) electrons. The number of rotatable bonds is 9. The minimum atomic E-state index is 0.748. The molecule has 1 heterocycles. The molecule has 1 aromatic rings. The molecule has 0 bridgehead atoms. The van der Waals surface area contributed by atoms with Crippen LogP contribution in [0.4, 0.5) is 5.13 Å². The van der Waals surface area contributed by atoms with Gasteiger partial charge in [-0.1, -0.05) is 27.7 Å². The van der Waals surface area contributed by atoms with Crippen LogP contribution in [0.5, 0.6) is 0 Å². The summed E-state index contributed by atoms with van der Waals surface area (Å²) >= 11 is 1.82. The Labute approximate surface area is 122 Å². The number of anilines is 1. The molecule has 19 heavy (non-hydrogen) atoms. The van der Waals surface area contributed by atoms with Gasteiger partial charge in [0.25, 0.3) is 0 Å². The van der Waals surface area contributed by atoms with Crippen molar-refractivity contribution in [1.82, 2.24) is 10.3 Å². The van der Waals surface area contributed by atoms with E-state index in [1.165, 1.54) is 22.9 Å². The molecule has 0 amide bonds. The lowest BCUT2D eigenvalue weighted by Crippen LogP contribution is -2.27. The van der Waals surface area contributed by atoms with Crippen LogP contribution in [-0.4, -0.2) is 25.1 Å². The lowest BCUT2D eigenvalue weighted by Gasteiger charge is -2.23. The van der Waals surface area contributed by atoms with Crippen molar-refractivity contribution < 1.29 is 0 Å². The van der Waals surface area contributed by atoms with E-state index in [1.807, 2.05) is 24.6 Å². The molecule has 0 fully saturated rings. The second kappa shape index (κ2) is 8.54. The van der Waals surface area contributed by atoms with Gasteiger partial charge in [-0.05, 0) is 31.7 Å². The average molecular weight is 283 g/mol. The van der Waals surface area contributed by atoms with Crippen LogP contribution in [0.1, 0.15) is 45.4 Å². The van der Waals surface area contributed by atoms with Crippen LogP contribution in [0.3, 0.4) is 0 Å². The van der Waals surface area contributed by atoms with Gasteiger partial charge in [-0.25, -0.2) is 4.98 Å². The van der Waals surface area contributed by atoms with E-state index >= 15 is 0 Å². The summed E-state index contributed by atoms with van der Waals surface area (Å²) in [5, 5.41) is 4.38. The third-order valence-electron chi connectivity index (χ3n) is 3.12. The molecular formula is C15H29N3S. The van der Waals surface area contributed by atoms with Crippen LogP contribution in [0, 0.1) is 11.8 Å². The van der Waals surface area contributed by atoms with Crippen molar-refractivity contribution in [3.8, 4) is 0 Å². The van der Waals surface area contributed by atoms with E-state index in [0.717, 1.165) is 31.5 Å². The molecule has 1 N–H and O–H groups in total. The fourth-order valence-corrected chi connectivity index (χ4v) is 2.80. The smallest absolute Gasteiger partial charge is 0.185 e. The van der Waals surface area contributed by atoms with Crippen LogP contribution < -0.4 is 10.2 Å². The summed E-state index contributed by atoms with van der Waals surface area (Å²) in [7, 11) is 1.98. The van der Waals surface area contributed by atoms with Crippen molar-refractivity contribution in [3.05, 3.63) is 11.1 Å². The number of nitrogens with one attached hydrogen (secondary N) is 1. The molecule has 110 valence electrons. The van der Waals surface area contributed by atoms with E-state index in [1.54, 1.807) is 0 Å². The molecule has 0 unspecified atom stereocenters. The van der Waals surface area contributed by atoms with E-state index in [4.69, 9.17) is 0 Å². The molecule has 1 aromatic heterocycles.